The van der Waals surface area contributed by atoms with Crippen LogP contribution in [0.25, 0.3) is 0 Å². The zero-order valence-corrected chi connectivity index (χ0v) is 13.3. The summed E-state index contributed by atoms with van der Waals surface area (Å²) in [6, 6.07) is 0. The molecule has 0 aliphatic heterocycles. The van der Waals surface area contributed by atoms with E-state index in [1.54, 1.807) is 9.24 Å². The largest absolute Gasteiger partial charge is 0.461 e. The molecule has 0 aromatic heterocycles. The third-order valence-corrected chi connectivity index (χ3v) is 3.38. The number of ether oxygens (including phenoxy) is 1. The first-order valence-corrected chi connectivity index (χ1v) is 6.86. The van der Waals surface area contributed by atoms with E-state index in [4.69, 9.17) is 4.74 Å². The fourth-order valence-corrected chi connectivity index (χ4v) is 1.85. The second-order valence-corrected chi connectivity index (χ2v) is 5.38. The number of likely N-dealkylation sites (N-methyl/N-ethyl adjacent to an activating group) is 1. The molecule has 1 aromatic rings. The van der Waals surface area contributed by atoms with E-state index in [-0.39, 0.29) is 25.3 Å². The first-order chi connectivity index (χ1) is 10.2. The van der Waals surface area contributed by atoms with Gasteiger partial charge in [-0.3, -0.25) is 4.90 Å². The lowest BCUT2D eigenvalue weighted by molar-refractivity contribution is -0.139. The van der Waals surface area contributed by atoms with Crippen LogP contribution in [-0.4, -0.2) is 31.1 Å². The van der Waals surface area contributed by atoms with Crippen LogP contribution in [0.2, 0.25) is 0 Å². The zero-order valence-electron chi connectivity index (χ0n) is 12.2. The van der Waals surface area contributed by atoms with Gasteiger partial charge >= 0.3 is 5.97 Å². The van der Waals surface area contributed by atoms with Crippen LogP contribution in [0.15, 0.2) is 12.2 Å². The molecule has 122 valence electrons. The van der Waals surface area contributed by atoms with Gasteiger partial charge in [0, 0.05) is 29.5 Å². The first-order valence-electron chi connectivity index (χ1n) is 6.28. The highest BCUT2D eigenvalue weighted by Gasteiger charge is 2.23. The van der Waals surface area contributed by atoms with Gasteiger partial charge in [0.05, 0.1) is 0 Å². The van der Waals surface area contributed by atoms with Crippen molar-refractivity contribution in [2.45, 2.75) is 13.5 Å². The lowest BCUT2D eigenvalue weighted by Gasteiger charge is -2.18. The van der Waals surface area contributed by atoms with Crippen LogP contribution in [-0.2, 0) is 16.1 Å². The van der Waals surface area contributed by atoms with Crippen molar-refractivity contribution in [2.24, 2.45) is 0 Å². The third-order valence-electron chi connectivity index (χ3n) is 2.87. The third kappa shape index (κ3) is 4.27. The zero-order chi connectivity index (χ0) is 17.0. The maximum absolute atomic E-state index is 13.7. The molecule has 0 radical (unpaired) electrons. The van der Waals surface area contributed by atoms with Crippen LogP contribution in [0.4, 0.5) is 17.6 Å². The summed E-state index contributed by atoms with van der Waals surface area (Å²) in [4.78, 5) is 12.5. The Kier molecular flexibility index (Phi) is 6.50. The van der Waals surface area contributed by atoms with Gasteiger partial charge in [-0.2, -0.15) is 0 Å². The predicted octanol–water partition coefficient (Wildman–Crippen LogP) is 2.29. The normalized spacial score (nSPS) is 10.9. The molecule has 0 spiro atoms. The molecule has 0 saturated carbocycles. The Bertz CT molecular complexity index is 578. The lowest BCUT2D eigenvalue weighted by atomic mass is 10.1. The van der Waals surface area contributed by atoms with E-state index in [1.807, 2.05) is 0 Å². The maximum atomic E-state index is 13.7. The minimum absolute atomic E-state index is 0.0435. The Morgan fingerprint density at radius 2 is 1.68 bits per heavy atom. The Morgan fingerprint density at radius 1 is 1.18 bits per heavy atom. The minimum Gasteiger partial charge on any atom is -0.461 e. The van der Waals surface area contributed by atoms with Crippen LogP contribution in [0, 0.1) is 23.3 Å². The average molecular weight is 337 g/mol. The number of hydrogen-bond donors (Lipinski definition) is 0. The second-order valence-electron chi connectivity index (χ2n) is 4.80. The van der Waals surface area contributed by atoms with Crippen LogP contribution in [0.5, 0.6) is 0 Å². The van der Waals surface area contributed by atoms with Crippen molar-refractivity contribution in [3.63, 3.8) is 0 Å². The molecule has 1 atom stereocenters. The quantitative estimate of drug-likeness (QED) is 0.262. The minimum atomic E-state index is -1.44. The van der Waals surface area contributed by atoms with Crippen LogP contribution in [0.3, 0.4) is 0 Å². The maximum Gasteiger partial charge on any atom is 0.333 e. The molecule has 0 N–H and O–H groups in total. The highest BCUT2D eigenvalue weighted by molar-refractivity contribution is 7.27. The SMILES string of the molecule is C=C(C)C(=O)OCCN(C)Cc1c(F)c(F)c(P)c(F)c1F. The molecule has 3 nitrogen and oxygen atoms in total. The number of halogens is 4. The molecule has 0 saturated heterocycles. The average Bonchev–Trinajstić information content (AvgIpc) is 2.47. The summed E-state index contributed by atoms with van der Waals surface area (Å²) < 4.78 is 59.1. The highest BCUT2D eigenvalue weighted by atomic mass is 31.0. The Labute approximate surface area is 128 Å². The number of carbonyl (C=O) groups excluding carboxylic acids is 1. The van der Waals surface area contributed by atoms with E-state index in [0.717, 1.165) is 0 Å². The summed E-state index contributed by atoms with van der Waals surface area (Å²) in [6.07, 6.45) is 0. The summed E-state index contributed by atoms with van der Waals surface area (Å²) in [7, 11) is 3.09. The molecule has 1 rings (SSSR count). The van der Waals surface area contributed by atoms with Gasteiger partial charge < -0.3 is 4.74 Å². The van der Waals surface area contributed by atoms with Crippen molar-refractivity contribution in [3.8, 4) is 0 Å². The van der Waals surface area contributed by atoms with E-state index in [2.05, 4.69) is 6.58 Å². The molecule has 0 aliphatic carbocycles. The molecule has 0 fully saturated rings. The molecular formula is C14H16F4NO2P. The fraction of sp³-hybridized carbons (Fsp3) is 0.357. The van der Waals surface area contributed by atoms with E-state index >= 15 is 0 Å². The molecule has 0 amide bonds. The van der Waals surface area contributed by atoms with Crippen molar-refractivity contribution >= 4 is 20.5 Å². The molecule has 0 heterocycles. The van der Waals surface area contributed by atoms with Gasteiger partial charge in [-0.15, -0.1) is 0 Å². The number of hydrogen-bond acceptors (Lipinski definition) is 3. The molecule has 0 aliphatic rings. The van der Waals surface area contributed by atoms with E-state index in [0.29, 0.717) is 0 Å². The number of carbonyl (C=O) groups is 1. The first kappa shape index (κ1) is 18.6. The van der Waals surface area contributed by atoms with Gasteiger partial charge in [0.25, 0.3) is 0 Å². The number of nitrogens with zero attached hydrogens (tertiary/aromatic N) is 1. The Morgan fingerprint density at radius 3 is 2.14 bits per heavy atom. The molecular weight excluding hydrogens is 321 g/mol. The van der Waals surface area contributed by atoms with Crippen molar-refractivity contribution in [1.82, 2.24) is 4.90 Å². The van der Waals surface area contributed by atoms with Gasteiger partial charge in [-0.05, 0) is 14.0 Å². The molecule has 0 bridgehead atoms. The topological polar surface area (TPSA) is 29.5 Å². The van der Waals surface area contributed by atoms with Gasteiger partial charge in [-0.25, -0.2) is 22.4 Å². The summed E-state index contributed by atoms with van der Waals surface area (Å²) in [5.41, 5.74) is -0.491. The summed E-state index contributed by atoms with van der Waals surface area (Å²) in [5, 5.41) is -0.781. The molecule has 1 aromatic carbocycles. The molecule has 8 heteroatoms. The number of benzene rings is 1. The molecule has 1 unspecified atom stereocenters. The summed E-state index contributed by atoms with van der Waals surface area (Å²) in [5.74, 6) is -6.35. The van der Waals surface area contributed by atoms with Gasteiger partial charge in [0.2, 0.25) is 0 Å². The van der Waals surface area contributed by atoms with E-state index in [9.17, 15) is 22.4 Å². The summed E-state index contributed by atoms with van der Waals surface area (Å²) >= 11 is 0. The second kappa shape index (κ2) is 7.70. The van der Waals surface area contributed by atoms with Crippen LogP contribution < -0.4 is 5.30 Å². The number of esters is 1. The van der Waals surface area contributed by atoms with Gasteiger partial charge in [-0.1, -0.05) is 15.8 Å². The highest BCUT2D eigenvalue weighted by Crippen LogP contribution is 2.20. The molecule has 22 heavy (non-hydrogen) atoms. The predicted molar refractivity (Wildman–Crippen MR) is 77.7 cm³/mol. The monoisotopic (exact) mass is 337 g/mol. The van der Waals surface area contributed by atoms with Crippen molar-refractivity contribution in [2.75, 3.05) is 20.2 Å². The van der Waals surface area contributed by atoms with Crippen molar-refractivity contribution in [1.29, 1.82) is 0 Å². The van der Waals surface area contributed by atoms with Crippen LogP contribution >= 0.6 is 9.24 Å². The van der Waals surface area contributed by atoms with Crippen molar-refractivity contribution < 1.29 is 27.1 Å². The van der Waals surface area contributed by atoms with E-state index in [1.165, 1.54) is 18.9 Å². The summed E-state index contributed by atoms with van der Waals surface area (Å²) in [6.45, 7) is 4.59. The van der Waals surface area contributed by atoms with Crippen molar-refractivity contribution in [3.05, 3.63) is 41.0 Å². The standard InChI is InChI=1S/C14H16F4NO2P/c1-7(2)14(20)21-5-4-19(3)6-8-9(15)11(17)13(22)12(18)10(8)16/h1,4-6,22H2,2-3H3. The van der Waals surface area contributed by atoms with Crippen LogP contribution in [0.1, 0.15) is 12.5 Å². The van der Waals surface area contributed by atoms with Gasteiger partial charge in [0.15, 0.2) is 23.3 Å². The van der Waals surface area contributed by atoms with Gasteiger partial charge in [0.1, 0.15) is 6.61 Å². The fourth-order valence-electron chi connectivity index (χ4n) is 1.60. The Balaban J connectivity index is 2.75. The lowest BCUT2D eigenvalue weighted by Crippen LogP contribution is -2.26. The number of rotatable bonds is 6. The van der Waals surface area contributed by atoms with E-state index < -0.39 is 40.1 Å². The smallest absolute Gasteiger partial charge is 0.333 e. The Hall–Kier alpha value is -1.46.